The van der Waals surface area contributed by atoms with Gasteiger partial charge in [-0.1, -0.05) is 13.8 Å². The van der Waals surface area contributed by atoms with Crippen LogP contribution in [0.4, 0.5) is 0 Å². The first-order chi connectivity index (χ1) is 4.24. The highest BCUT2D eigenvalue weighted by Gasteiger charge is 2.23. The first kappa shape index (κ1) is 8.63. The molecule has 0 N–H and O–H groups in total. The molecule has 54 valence electrons. The summed E-state index contributed by atoms with van der Waals surface area (Å²) in [6.45, 7) is 3.89. The third kappa shape index (κ3) is 1.79. The van der Waals surface area contributed by atoms with Crippen molar-refractivity contribution in [3.05, 3.63) is 0 Å². The van der Waals surface area contributed by atoms with Gasteiger partial charge in [0.1, 0.15) is 5.60 Å². The molecule has 2 nitrogen and oxygen atoms in total. The van der Waals surface area contributed by atoms with Gasteiger partial charge in [0, 0.05) is 7.11 Å². The first-order valence-electron chi connectivity index (χ1n) is 3.26. The molecule has 0 radical (unpaired) electrons. The summed E-state index contributed by atoms with van der Waals surface area (Å²) in [5.41, 5.74) is -0.514. The van der Waals surface area contributed by atoms with Crippen molar-refractivity contribution in [2.75, 3.05) is 7.11 Å². The fourth-order valence-electron chi connectivity index (χ4n) is 0.753. The second kappa shape index (κ2) is 3.62. The number of hydrogen-bond donors (Lipinski definition) is 0. The van der Waals surface area contributed by atoms with Gasteiger partial charge >= 0.3 is 0 Å². The monoisotopic (exact) mass is 130 g/mol. The summed E-state index contributed by atoms with van der Waals surface area (Å²) in [7, 11) is 1.57. The van der Waals surface area contributed by atoms with Crippen molar-refractivity contribution in [1.29, 1.82) is 0 Å². The number of carbonyl (C=O) groups excluding carboxylic acids is 1. The molecule has 0 aliphatic carbocycles. The summed E-state index contributed by atoms with van der Waals surface area (Å²) >= 11 is 0. The van der Waals surface area contributed by atoms with Crippen LogP contribution in [-0.2, 0) is 9.53 Å². The van der Waals surface area contributed by atoms with Crippen molar-refractivity contribution in [1.82, 2.24) is 0 Å². The molecule has 0 aliphatic rings. The number of carbonyl (C=O) groups is 1. The zero-order valence-electron chi connectivity index (χ0n) is 6.31. The molecule has 9 heavy (non-hydrogen) atoms. The van der Waals surface area contributed by atoms with Gasteiger partial charge in [0.25, 0.3) is 0 Å². The van der Waals surface area contributed by atoms with Gasteiger partial charge in [0.15, 0.2) is 6.29 Å². The molecule has 0 aromatic heterocycles. The fraction of sp³-hybridized carbons (Fsp3) is 0.857. The largest absolute Gasteiger partial charge is 0.371 e. The lowest BCUT2D eigenvalue weighted by atomic mass is 10.00. The van der Waals surface area contributed by atoms with Crippen LogP contribution < -0.4 is 0 Å². The minimum Gasteiger partial charge on any atom is -0.371 e. The van der Waals surface area contributed by atoms with E-state index in [1.165, 1.54) is 0 Å². The number of rotatable bonds is 4. The van der Waals surface area contributed by atoms with E-state index in [9.17, 15) is 4.79 Å². The van der Waals surface area contributed by atoms with Crippen LogP contribution in [0.5, 0.6) is 0 Å². The van der Waals surface area contributed by atoms with E-state index >= 15 is 0 Å². The van der Waals surface area contributed by atoms with E-state index in [4.69, 9.17) is 4.74 Å². The van der Waals surface area contributed by atoms with Gasteiger partial charge in [0.2, 0.25) is 0 Å². The number of hydrogen-bond acceptors (Lipinski definition) is 2. The van der Waals surface area contributed by atoms with Crippen molar-refractivity contribution in [2.24, 2.45) is 0 Å². The molecule has 0 aliphatic heterocycles. The Labute approximate surface area is 56.2 Å². The van der Waals surface area contributed by atoms with Crippen LogP contribution in [0, 0.1) is 0 Å². The van der Waals surface area contributed by atoms with E-state index in [-0.39, 0.29) is 0 Å². The van der Waals surface area contributed by atoms with Crippen LogP contribution in [0.1, 0.15) is 26.7 Å². The highest BCUT2D eigenvalue weighted by molar-refractivity contribution is 5.62. The van der Waals surface area contributed by atoms with Gasteiger partial charge in [-0.25, -0.2) is 0 Å². The third-order valence-electron chi connectivity index (χ3n) is 1.82. The Morgan fingerprint density at radius 3 is 1.89 bits per heavy atom. The van der Waals surface area contributed by atoms with Crippen molar-refractivity contribution in [2.45, 2.75) is 32.3 Å². The van der Waals surface area contributed by atoms with Crippen LogP contribution >= 0.6 is 0 Å². The molecule has 0 amide bonds. The maximum atomic E-state index is 10.4. The van der Waals surface area contributed by atoms with Crippen LogP contribution in [-0.4, -0.2) is 19.0 Å². The Balaban J connectivity index is 3.98. The Morgan fingerprint density at radius 1 is 1.44 bits per heavy atom. The molecule has 2 heteroatoms. The van der Waals surface area contributed by atoms with Crippen molar-refractivity contribution < 1.29 is 9.53 Å². The summed E-state index contributed by atoms with van der Waals surface area (Å²) in [5.74, 6) is 0. The quantitative estimate of drug-likeness (QED) is 0.537. The van der Waals surface area contributed by atoms with Crippen molar-refractivity contribution in [3.8, 4) is 0 Å². The van der Waals surface area contributed by atoms with E-state index in [2.05, 4.69) is 0 Å². The number of methoxy groups -OCH3 is 1. The average molecular weight is 130 g/mol. The SMILES string of the molecule is CCC(C=O)(CC)OC. The molecule has 0 fully saturated rings. The topological polar surface area (TPSA) is 26.3 Å². The van der Waals surface area contributed by atoms with Gasteiger partial charge in [0.05, 0.1) is 0 Å². The Morgan fingerprint density at radius 2 is 1.89 bits per heavy atom. The third-order valence-corrected chi connectivity index (χ3v) is 1.82. The first-order valence-corrected chi connectivity index (χ1v) is 3.26. The molecule has 0 aromatic carbocycles. The predicted molar refractivity (Wildman–Crippen MR) is 36.4 cm³/mol. The van der Waals surface area contributed by atoms with Gasteiger partial charge in [-0.2, -0.15) is 0 Å². The van der Waals surface area contributed by atoms with Gasteiger partial charge in [-0.3, -0.25) is 0 Å². The molecule has 0 heterocycles. The Hall–Kier alpha value is -0.370. The normalized spacial score (nSPS) is 11.4. The van der Waals surface area contributed by atoms with Crippen LogP contribution in [0.15, 0.2) is 0 Å². The Bertz CT molecular complexity index is 76.7. The maximum absolute atomic E-state index is 10.4. The molecular formula is C7H14O2. The minimum atomic E-state index is -0.514. The van der Waals surface area contributed by atoms with Crippen molar-refractivity contribution >= 4 is 6.29 Å². The summed E-state index contributed by atoms with van der Waals surface area (Å²) in [4.78, 5) is 10.4. The lowest BCUT2D eigenvalue weighted by molar-refractivity contribution is -0.128. The second-order valence-corrected chi connectivity index (χ2v) is 2.09. The fourth-order valence-corrected chi connectivity index (χ4v) is 0.753. The van der Waals surface area contributed by atoms with Crippen LogP contribution in [0.25, 0.3) is 0 Å². The average Bonchev–Trinajstić information content (AvgIpc) is 1.95. The number of ether oxygens (including phenoxy) is 1. The van der Waals surface area contributed by atoms with Crippen LogP contribution in [0.3, 0.4) is 0 Å². The minimum absolute atomic E-state index is 0.514. The van der Waals surface area contributed by atoms with Crippen molar-refractivity contribution in [3.63, 3.8) is 0 Å². The van der Waals surface area contributed by atoms with Crippen LogP contribution in [0.2, 0.25) is 0 Å². The lowest BCUT2D eigenvalue weighted by Gasteiger charge is -2.22. The molecular weight excluding hydrogens is 116 g/mol. The van der Waals surface area contributed by atoms with Gasteiger partial charge in [-0.05, 0) is 12.8 Å². The smallest absolute Gasteiger partial charge is 0.151 e. The van der Waals surface area contributed by atoms with Gasteiger partial charge in [-0.15, -0.1) is 0 Å². The standard InChI is InChI=1S/C7H14O2/c1-4-7(5-2,6-8)9-3/h6H,4-5H2,1-3H3. The molecule has 0 saturated carbocycles. The molecule has 0 saturated heterocycles. The molecule has 0 bridgehead atoms. The molecule has 0 aromatic rings. The summed E-state index contributed by atoms with van der Waals surface area (Å²) in [6.07, 6.45) is 2.39. The molecule has 0 spiro atoms. The highest BCUT2D eigenvalue weighted by Crippen LogP contribution is 2.15. The number of aldehydes is 1. The predicted octanol–water partition coefficient (Wildman–Crippen LogP) is 1.39. The van der Waals surface area contributed by atoms with E-state index in [0.29, 0.717) is 0 Å². The lowest BCUT2D eigenvalue weighted by Crippen LogP contribution is -2.31. The zero-order valence-corrected chi connectivity index (χ0v) is 6.31. The van der Waals surface area contributed by atoms with E-state index in [1.807, 2.05) is 13.8 Å². The zero-order chi connectivity index (χ0) is 7.33. The van der Waals surface area contributed by atoms with E-state index in [0.717, 1.165) is 19.1 Å². The Kier molecular flexibility index (Phi) is 3.47. The molecule has 0 unspecified atom stereocenters. The summed E-state index contributed by atoms with van der Waals surface area (Å²) in [5, 5.41) is 0. The van der Waals surface area contributed by atoms with E-state index < -0.39 is 5.60 Å². The van der Waals surface area contributed by atoms with Gasteiger partial charge < -0.3 is 9.53 Å². The highest BCUT2D eigenvalue weighted by atomic mass is 16.5. The molecule has 0 atom stereocenters. The molecule has 0 rings (SSSR count). The summed E-state index contributed by atoms with van der Waals surface area (Å²) in [6, 6.07) is 0. The summed E-state index contributed by atoms with van der Waals surface area (Å²) < 4.78 is 5.02. The van der Waals surface area contributed by atoms with E-state index in [1.54, 1.807) is 7.11 Å². The second-order valence-electron chi connectivity index (χ2n) is 2.09. The maximum Gasteiger partial charge on any atom is 0.151 e.